The van der Waals surface area contributed by atoms with Crippen molar-refractivity contribution in [2.45, 2.75) is 40.3 Å². The number of anilines is 1. The quantitative estimate of drug-likeness (QED) is 0.339. The van der Waals surface area contributed by atoms with Gasteiger partial charge < -0.3 is 20.4 Å². The van der Waals surface area contributed by atoms with Crippen LogP contribution in [0.25, 0.3) is 11.5 Å². The monoisotopic (exact) mass is 433 g/mol. The third-order valence-electron chi connectivity index (χ3n) is 5.03. The molecular weight excluding hydrogens is 402 g/mol. The van der Waals surface area contributed by atoms with Crippen molar-refractivity contribution in [3.05, 3.63) is 72.1 Å². The average Bonchev–Trinajstić information content (AvgIpc) is 3.30. The van der Waals surface area contributed by atoms with E-state index in [1.54, 1.807) is 6.26 Å². The van der Waals surface area contributed by atoms with E-state index >= 15 is 0 Å². The third-order valence-corrected chi connectivity index (χ3v) is 5.03. The van der Waals surface area contributed by atoms with Crippen LogP contribution >= 0.6 is 0 Å². The van der Waals surface area contributed by atoms with Gasteiger partial charge in [0.1, 0.15) is 6.26 Å². The molecule has 7 heteroatoms. The fourth-order valence-corrected chi connectivity index (χ4v) is 2.99. The van der Waals surface area contributed by atoms with Gasteiger partial charge in [0.25, 0.3) is 0 Å². The second-order valence-corrected chi connectivity index (χ2v) is 7.56. The number of aliphatic imine (C=N–C) groups is 1. The molecule has 0 bridgehead atoms. The van der Waals surface area contributed by atoms with Gasteiger partial charge in [-0.1, -0.05) is 44.2 Å². The summed E-state index contributed by atoms with van der Waals surface area (Å²) in [6, 6.07) is 17.6. The Hall–Kier alpha value is -3.61. The van der Waals surface area contributed by atoms with Crippen LogP contribution in [0.15, 0.2) is 70.3 Å². The van der Waals surface area contributed by atoms with Crippen molar-refractivity contribution in [3.63, 3.8) is 0 Å². The molecule has 1 unspecified atom stereocenters. The normalized spacial score (nSPS) is 12.3. The second-order valence-electron chi connectivity index (χ2n) is 7.56. The first kappa shape index (κ1) is 23.1. The number of guanidine groups is 1. The molecule has 2 aromatic carbocycles. The number of amides is 1. The van der Waals surface area contributed by atoms with Gasteiger partial charge in [0.2, 0.25) is 11.8 Å². The number of benzene rings is 2. The predicted molar refractivity (Wildman–Crippen MR) is 128 cm³/mol. The molecule has 1 heterocycles. The van der Waals surface area contributed by atoms with Crippen molar-refractivity contribution in [3.8, 4) is 11.5 Å². The molecule has 1 aromatic heterocycles. The van der Waals surface area contributed by atoms with E-state index in [0.29, 0.717) is 24.9 Å². The van der Waals surface area contributed by atoms with Crippen LogP contribution in [0.1, 0.15) is 38.4 Å². The molecule has 3 N–H and O–H groups in total. The lowest BCUT2D eigenvalue weighted by Crippen LogP contribution is -2.36. The van der Waals surface area contributed by atoms with Gasteiger partial charge in [0, 0.05) is 23.7 Å². The maximum absolute atomic E-state index is 12.1. The molecule has 0 saturated heterocycles. The summed E-state index contributed by atoms with van der Waals surface area (Å²) >= 11 is 0. The molecule has 0 aliphatic rings. The Balaban J connectivity index is 1.60. The number of aromatic nitrogens is 1. The van der Waals surface area contributed by atoms with Gasteiger partial charge in [0.05, 0.1) is 18.8 Å². The fourth-order valence-electron chi connectivity index (χ4n) is 2.99. The minimum Gasteiger partial charge on any atom is -0.444 e. The highest BCUT2D eigenvalue weighted by Gasteiger charge is 2.11. The Morgan fingerprint density at radius 2 is 1.91 bits per heavy atom. The van der Waals surface area contributed by atoms with E-state index in [9.17, 15) is 4.79 Å². The van der Waals surface area contributed by atoms with E-state index in [-0.39, 0.29) is 11.8 Å². The topological polar surface area (TPSA) is 91.5 Å². The van der Waals surface area contributed by atoms with Crippen LogP contribution in [0.3, 0.4) is 0 Å². The lowest BCUT2D eigenvalue weighted by molar-refractivity contribution is -0.119. The summed E-state index contributed by atoms with van der Waals surface area (Å²) in [6.45, 7) is 7.67. The molecule has 168 valence electrons. The van der Waals surface area contributed by atoms with Crippen molar-refractivity contribution >= 4 is 17.6 Å². The molecule has 0 aliphatic carbocycles. The predicted octanol–water partition coefficient (Wildman–Crippen LogP) is 4.58. The summed E-state index contributed by atoms with van der Waals surface area (Å²) in [4.78, 5) is 21.3. The number of hydrogen-bond acceptors (Lipinski definition) is 4. The van der Waals surface area contributed by atoms with E-state index in [1.165, 1.54) is 0 Å². The number of carbonyl (C=O) groups is 1. The highest BCUT2D eigenvalue weighted by molar-refractivity contribution is 5.92. The highest BCUT2D eigenvalue weighted by atomic mass is 16.3. The maximum Gasteiger partial charge on any atom is 0.227 e. The highest BCUT2D eigenvalue weighted by Crippen LogP contribution is 2.18. The fraction of sp³-hybridized carbons (Fsp3) is 0.320. The minimum absolute atomic E-state index is 0.0137. The van der Waals surface area contributed by atoms with Crippen LogP contribution in [0, 0.1) is 5.92 Å². The van der Waals surface area contributed by atoms with Crippen LogP contribution in [0.2, 0.25) is 0 Å². The van der Waals surface area contributed by atoms with Crippen LogP contribution < -0.4 is 16.0 Å². The molecule has 1 atom stereocenters. The Morgan fingerprint density at radius 1 is 1.09 bits per heavy atom. The zero-order valence-corrected chi connectivity index (χ0v) is 18.9. The van der Waals surface area contributed by atoms with Gasteiger partial charge >= 0.3 is 0 Å². The van der Waals surface area contributed by atoms with E-state index in [4.69, 9.17) is 4.42 Å². The summed E-state index contributed by atoms with van der Waals surface area (Å²) in [5.41, 5.74) is 3.54. The summed E-state index contributed by atoms with van der Waals surface area (Å²) < 4.78 is 5.60. The molecule has 0 fully saturated rings. The van der Waals surface area contributed by atoms with E-state index < -0.39 is 0 Å². The Bertz CT molecular complexity index is 1030. The number of rotatable bonds is 9. The molecule has 1 amide bonds. The molecule has 3 rings (SSSR count). The average molecular weight is 434 g/mol. The van der Waals surface area contributed by atoms with Crippen molar-refractivity contribution in [2.24, 2.45) is 10.9 Å². The minimum atomic E-state index is -0.0137. The van der Waals surface area contributed by atoms with Gasteiger partial charge in [0.15, 0.2) is 5.96 Å². The van der Waals surface area contributed by atoms with Crippen LogP contribution in [-0.2, 0) is 17.9 Å². The number of nitrogens with one attached hydrogen (secondary N) is 3. The van der Waals surface area contributed by atoms with Gasteiger partial charge in [-0.3, -0.25) is 4.79 Å². The first-order valence-electron chi connectivity index (χ1n) is 11.0. The van der Waals surface area contributed by atoms with Crippen molar-refractivity contribution < 1.29 is 9.21 Å². The van der Waals surface area contributed by atoms with Gasteiger partial charge in [-0.2, -0.15) is 0 Å². The van der Waals surface area contributed by atoms with Gasteiger partial charge in [-0.25, -0.2) is 9.98 Å². The molecule has 0 saturated carbocycles. The summed E-state index contributed by atoms with van der Waals surface area (Å²) in [5, 5.41) is 9.50. The van der Waals surface area contributed by atoms with Gasteiger partial charge in [-0.05, 0) is 43.2 Å². The number of nitrogens with zero attached hydrogens (tertiary/aromatic N) is 2. The molecule has 0 radical (unpaired) electrons. The molecule has 32 heavy (non-hydrogen) atoms. The van der Waals surface area contributed by atoms with Crippen molar-refractivity contribution in [1.82, 2.24) is 15.6 Å². The van der Waals surface area contributed by atoms with Gasteiger partial charge in [-0.15, -0.1) is 0 Å². The zero-order valence-electron chi connectivity index (χ0n) is 18.9. The van der Waals surface area contributed by atoms with E-state index in [0.717, 1.165) is 35.5 Å². The number of hydrogen-bond donors (Lipinski definition) is 3. The SMILES string of the molecule is CCNC(=NCc1cccc(NC(=O)C(C)CC)c1)NCc1coc(-c2ccccc2)n1. The maximum atomic E-state index is 12.1. The first-order chi connectivity index (χ1) is 15.6. The van der Waals surface area contributed by atoms with Crippen LogP contribution in [-0.4, -0.2) is 23.4 Å². The van der Waals surface area contributed by atoms with Crippen LogP contribution in [0.5, 0.6) is 0 Å². The first-order valence-corrected chi connectivity index (χ1v) is 11.0. The molecule has 7 nitrogen and oxygen atoms in total. The standard InChI is InChI=1S/C25H31N5O2/c1-4-18(3)23(31)29-21-13-9-10-19(14-21)15-27-25(26-5-2)28-16-22-17-32-24(30-22)20-11-7-6-8-12-20/h6-14,17-18H,4-5,15-16H2,1-3H3,(H,29,31)(H2,26,27,28). The van der Waals surface area contributed by atoms with Crippen molar-refractivity contribution in [2.75, 3.05) is 11.9 Å². The summed E-state index contributed by atoms with van der Waals surface area (Å²) in [7, 11) is 0. The molecule has 0 spiro atoms. The molecule has 0 aliphatic heterocycles. The van der Waals surface area contributed by atoms with Crippen LogP contribution in [0.4, 0.5) is 5.69 Å². The lowest BCUT2D eigenvalue weighted by atomic mass is 10.1. The lowest BCUT2D eigenvalue weighted by Gasteiger charge is -2.12. The summed E-state index contributed by atoms with van der Waals surface area (Å²) in [6.07, 6.45) is 2.47. The largest absolute Gasteiger partial charge is 0.444 e. The second kappa shape index (κ2) is 11.7. The van der Waals surface area contributed by atoms with E-state index in [1.807, 2.05) is 75.4 Å². The summed E-state index contributed by atoms with van der Waals surface area (Å²) in [5.74, 6) is 1.30. The molecular formula is C25H31N5O2. The Kier molecular flexibility index (Phi) is 8.43. The number of carbonyl (C=O) groups excluding carboxylic acids is 1. The Labute approximate surface area is 189 Å². The van der Waals surface area contributed by atoms with E-state index in [2.05, 4.69) is 25.9 Å². The Morgan fingerprint density at radius 3 is 2.66 bits per heavy atom. The van der Waals surface area contributed by atoms with Crippen molar-refractivity contribution in [1.29, 1.82) is 0 Å². The number of oxazole rings is 1. The molecule has 3 aromatic rings. The smallest absolute Gasteiger partial charge is 0.227 e. The third kappa shape index (κ3) is 6.70. The zero-order chi connectivity index (χ0) is 22.8.